The number of unbranched alkanes of at least 4 members (excludes halogenated alkanes) is 3. The summed E-state index contributed by atoms with van der Waals surface area (Å²) in [6.45, 7) is 5.62. The number of aromatic nitrogens is 2. The highest BCUT2D eigenvalue weighted by atomic mass is 127. The molecule has 0 saturated heterocycles. The number of fused-ring (bicyclic) bond motifs is 1. The maximum absolute atomic E-state index is 6.06. The van der Waals surface area contributed by atoms with Crippen LogP contribution >= 0.6 is 34.2 Å². The third-order valence-electron chi connectivity index (χ3n) is 3.82. The lowest BCUT2D eigenvalue weighted by molar-refractivity contribution is 0.505. The molecule has 2 aromatic rings. The Morgan fingerprint density at radius 3 is 2.67 bits per heavy atom. The lowest BCUT2D eigenvalue weighted by atomic mass is 10.0. The number of imidazole rings is 1. The SMILES string of the molecule is CC(C)CCCCCCn1c(CCl)nc2cc(I)ccc21. The number of alkyl halides is 1. The number of hydrogen-bond acceptors (Lipinski definition) is 1. The van der Waals surface area contributed by atoms with Gasteiger partial charge in [-0.1, -0.05) is 39.5 Å². The molecular formula is C17H24ClIN2. The van der Waals surface area contributed by atoms with Crippen LogP contribution in [0.2, 0.25) is 0 Å². The van der Waals surface area contributed by atoms with Gasteiger partial charge in [-0.25, -0.2) is 4.98 Å². The number of halogens is 2. The van der Waals surface area contributed by atoms with Gasteiger partial charge in [-0.3, -0.25) is 0 Å². The van der Waals surface area contributed by atoms with Gasteiger partial charge in [0.15, 0.2) is 0 Å². The van der Waals surface area contributed by atoms with Crippen molar-refractivity contribution in [1.29, 1.82) is 0 Å². The van der Waals surface area contributed by atoms with Gasteiger partial charge in [-0.05, 0) is 53.1 Å². The third kappa shape index (κ3) is 4.85. The van der Waals surface area contributed by atoms with Crippen LogP contribution in [0.3, 0.4) is 0 Å². The average Bonchev–Trinajstić information content (AvgIpc) is 2.79. The predicted octanol–water partition coefficient (Wildman–Crippen LogP) is 5.99. The van der Waals surface area contributed by atoms with E-state index in [1.165, 1.54) is 41.2 Å². The second-order valence-electron chi connectivity index (χ2n) is 6.04. The molecule has 0 amide bonds. The summed E-state index contributed by atoms with van der Waals surface area (Å²) >= 11 is 8.38. The van der Waals surface area contributed by atoms with Crippen LogP contribution in [0.1, 0.15) is 51.8 Å². The Morgan fingerprint density at radius 2 is 1.95 bits per heavy atom. The molecule has 116 valence electrons. The fraction of sp³-hybridized carbons (Fsp3) is 0.588. The van der Waals surface area contributed by atoms with Crippen LogP contribution in [0.4, 0.5) is 0 Å². The number of hydrogen-bond donors (Lipinski definition) is 0. The zero-order valence-corrected chi connectivity index (χ0v) is 15.8. The number of nitrogens with zero attached hydrogens (tertiary/aromatic N) is 2. The van der Waals surface area contributed by atoms with Crippen molar-refractivity contribution in [3.05, 3.63) is 27.6 Å². The van der Waals surface area contributed by atoms with Crippen molar-refractivity contribution >= 4 is 45.2 Å². The van der Waals surface area contributed by atoms with E-state index in [4.69, 9.17) is 11.6 Å². The van der Waals surface area contributed by atoms with Crippen molar-refractivity contribution in [3.8, 4) is 0 Å². The summed E-state index contributed by atoms with van der Waals surface area (Å²) < 4.78 is 3.51. The van der Waals surface area contributed by atoms with E-state index in [2.05, 4.69) is 64.2 Å². The minimum atomic E-state index is 0.485. The molecule has 0 radical (unpaired) electrons. The molecule has 0 aliphatic heterocycles. The maximum Gasteiger partial charge on any atom is 0.124 e. The molecule has 0 bridgehead atoms. The first-order valence-electron chi connectivity index (χ1n) is 7.82. The standard InChI is InChI=1S/C17H24ClIN2/c1-13(2)7-5-3-4-6-10-21-16-9-8-14(19)11-15(16)20-17(21)12-18/h8-9,11,13H,3-7,10,12H2,1-2H3. The lowest BCUT2D eigenvalue weighted by Gasteiger charge is -2.08. The number of benzene rings is 1. The number of aryl methyl sites for hydroxylation is 1. The number of rotatable bonds is 8. The predicted molar refractivity (Wildman–Crippen MR) is 99.9 cm³/mol. The summed E-state index contributed by atoms with van der Waals surface area (Å²) in [4.78, 5) is 4.66. The van der Waals surface area contributed by atoms with Crippen LogP contribution in [0.15, 0.2) is 18.2 Å². The zero-order valence-electron chi connectivity index (χ0n) is 12.9. The molecule has 0 aliphatic rings. The Hall–Kier alpha value is -0.290. The zero-order chi connectivity index (χ0) is 15.2. The summed E-state index contributed by atoms with van der Waals surface area (Å²) in [6, 6.07) is 6.44. The van der Waals surface area contributed by atoms with Crippen LogP contribution in [0.25, 0.3) is 11.0 Å². The van der Waals surface area contributed by atoms with Crippen LogP contribution in [-0.4, -0.2) is 9.55 Å². The fourth-order valence-electron chi connectivity index (χ4n) is 2.68. The summed E-state index contributed by atoms with van der Waals surface area (Å²) in [5.74, 6) is 2.31. The molecule has 0 spiro atoms. The van der Waals surface area contributed by atoms with Gasteiger partial charge in [0.1, 0.15) is 5.82 Å². The highest BCUT2D eigenvalue weighted by Crippen LogP contribution is 2.21. The molecule has 0 unspecified atom stereocenters. The molecule has 0 saturated carbocycles. The normalized spacial score (nSPS) is 11.7. The van der Waals surface area contributed by atoms with E-state index in [0.29, 0.717) is 5.88 Å². The van der Waals surface area contributed by atoms with E-state index >= 15 is 0 Å². The molecule has 0 fully saturated rings. The van der Waals surface area contributed by atoms with Gasteiger partial charge in [0.2, 0.25) is 0 Å². The van der Waals surface area contributed by atoms with Crippen molar-refractivity contribution in [2.24, 2.45) is 5.92 Å². The second kappa shape index (κ2) is 8.37. The summed E-state index contributed by atoms with van der Waals surface area (Å²) in [7, 11) is 0. The van der Waals surface area contributed by atoms with Crippen LogP contribution < -0.4 is 0 Å². The molecule has 21 heavy (non-hydrogen) atoms. The molecule has 0 N–H and O–H groups in total. The lowest BCUT2D eigenvalue weighted by Crippen LogP contribution is -2.02. The van der Waals surface area contributed by atoms with Crippen LogP contribution in [0, 0.1) is 9.49 Å². The van der Waals surface area contributed by atoms with E-state index in [9.17, 15) is 0 Å². The molecule has 4 heteroatoms. The Balaban J connectivity index is 1.94. The van der Waals surface area contributed by atoms with Gasteiger partial charge in [-0.15, -0.1) is 11.6 Å². The minimum absolute atomic E-state index is 0.485. The minimum Gasteiger partial charge on any atom is -0.327 e. The summed E-state index contributed by atoms with van der Waals surface area (Å²) in [5.41, 5.74) is 2.28. The van der Waals surface area contributed by atoms with Crippen molar-refractivity contribution in [2.75, 3.05) is 0 Å². The maximum atomic E-state index is 6.06. The highest BCUT2D eigenvalue weighted by molar-refractivity contribution is 14.1. The largest absolute Gasteiger partial charge is 0.327 e. The molecule has 1 aromatic heterocycles. The van der Waals surface area contributed by atoms with Crippen molar-refractivity contribution in [1.82, 2.24) is 9.55 Å². The van der Waals surface area contributed by atoms with Crippen molar-refractivity contribution in [3.63, 3.8) is 0 Å². The van der Waals surface area contributed by atoms with Gasteiger partial charge in [0.05, 0.1) is 16.9 Å². The van der Waals surface area contributed by atoms with E-state index in [1.54, 1.807) is 0 Å². The summed E-state index contributed by atoms with van der Waals surface area (Å²) in [5, 5.41) is 0. The highest BCUT2D eigenvalue weighted by Gasteiger charge is 2.09. The molecule has 1 heterocycles. The molecule has 2 nitrogen and oxygen atoms in total. The topological polar surface area (TPSA) is 17.8 Å². The smallest absolute Gasteiger partial charge is 0.124 e. The van der Waals surface area contributed by atoms with Crippen molar-refractivity contribution < 1.29 is 0 Å². The van der Waals surface area contributed by atoms with Gasteiger partial charge >= 0.3 is 0 Å². The molecule has 0 aliphatic carbocycles. The van der Waals surface area contributed by atoms with Crippen molar-refractivity contribution in [2.45, 2.75) is 58.4 Å². The molecule has 0 atom stereocenters. The first-order valence-corrected chi connectivity index (χ1v) is 9.43. The molecule has 2 rings (SSSR count). The Morgan fingerprint density at radius 1 is 1.19 bits per heavy atom. The van der Waals surface area contributed by atoms with Gasteiger partial charge < -0.3 is 4.57 Å². The van der Waals surface area contributed by atoms with Crippen LogP contribution in [0.5, 0.6) is 0 Å². The third-order valence-corrected chi connectivity index (χ3v) is 4.73. The fourth-order valence-corrected chi connectivity index (χ4v) is 3.36. The van der Waals surface area contributed by atoms with E-state index < -0.39 is 0 Å². The first-order chi connectivity index (χ1) is 10.1. The van der Waals surface area contributed by atoms with Gasteiger partial charge in [0, 0.05) is 10.1 Å². The Bertz CT molecular complexity index is 577. The van der Waals surface area contributed by atoms with E-state index in [0.717, 1.165) is 23.8 Å². The Kier molecular flexibility index (Phi) is 6.80. The van der Waals surface area contributed by atoms with Gasteiger partial charge in [-0.2, -0.15) is 0 Å². The Labute approximate surface area is 146 Å². The second-order valence-corrected chi connectivity index (χ2v) is 7.56. The molecule has 1 aromatic carbocycles. The first kappa shape index (κ1) is 17.1. The average molecular weight is 419 g/mol. The monoisotopic (exact) mass is 418 g/mol. The molecular weight excluding hydrogens is 395 g/mol. The van der Waals surface area contributed by atoms with E-state index in [-0.39, 0.29) is 0 Å². The summed E-state index contributed by atoms with van der Waals surface area (Å²) in [6.07, 6.45) is 6.53. The van der Waals surface area contributed by atoms with E-state index in [1.807, 2.05) is 0 Å². The quantitative estimate of drug-likeness (QED) is 0.293. The van der Waals surface area contributed by atoms with Gasteiger partial charge in [0.25, 0.3) is 0 Å². The van der Waals surface area contributed by atoms with Crippen LogP contribution in [-0.2, 0) is 12.4 Å².